The zero-order chi connectivity index (χ0) is 16.7. The summed E-state index contributed by atoms with van der Waals surface area (Å²) in [5, 5.41) is 4.24. The van der Waals surface area contributed by atoms with Crippen molar-refractivity contribution in [2.24, 2.45) is 11.8 Å². The molecule has 3 aliphatic rings. The van der Waals surface area contributed by atoms with E-state index >= 15 is 0 Å². The molecule has 24 heavy (non-hydrogen) atoms. The van der Waals surface area contributed by atoms with Crippen LogP contribution in [0.15, 0.2) is 16.8 Å². The van der Waals surface area contributed by atoms with Gasteiger partial charge in [0.05, 0.1) is 12.7 Å². The zero-order valence-electron chi connectivity index (χ0n) is 13.5. The zero-order valence-corrected chi connectivity index (χ0v) is 14.3. The summed E-state index contributed by atoms with van der Waals surface area (Å²) in [5.41, 5.74) is 1.31. The van der Waals surface area contributed by atoms with Gasteiger partial charge in [0.2, 0.25) is 11.8 Å². The van der Waals surface area contributed by atoms with E-state index in [9.17, 15) is 13.6 Å². The third-order valence-electron chi connectivity index (χ3n) is 5.35. The number of fused-ring (bicyclic) bond motifs is 1. The molecule has 1 amide bonds. The Balaban J connectivity index is 1.35. The molecule has 0 unspecified atom stereocenters. The maximum atomic E-state index is 13.0. The van der Waals surface area contributed by atoms with E-state index in [0.717, 1.165) is 19.6 Å². The molecule has 1 aromatic heterocycles. The number of nitrogens with zero attached hydrogens (tertiary/aromatic N) is 2. The number of ether oxygens (including phenoxy) is 1. The number of thiophene rings is 1. The smallest absolute Gasteiger partial charge is 0.249 e. The van der Waals surface area contributed by atoms with Crippen molar-refractivity contribution in [3.8, 4) is 0 Å². The van der Waals surface area contributed by atoms with E-state index in [4.69, 9.17) is 4.74 Å². The highest BCUT2D eigenvalue weighted by molar-refractivity contribution is 7.07. The van der Waals surface area contributed by atoms with Gasteiger partial charge >= 0.3 is 0 Å². The summed E-state index contributed by atoms with van der Waals surface area (Å²) in [4.78, 5) is 16.5. The van der Waals surface area contributed by atoms with Gasteiger partial charge in [0.15, 0.2) is 0 Å². The minimum Gasteiger partial charge on any atom is -0.375 e. The summed E-state index contributed by atoms with van der Waals surface area (Å²) < 4.78 is 32.0. The lowest BCUT2D eigenvalue weighted by molar-refractivity contribution is -0.159. The molecule has 0 aromatic carbocycles. The fourth-order valence-corrected chi connectivity index (χ4v) is 4.68. The largest absolute Gasteiger partial charge is 0.375 e. The molecule has 1 saturated carbocycles. The molecule has 132 valence electrons. The van der Waals surface area contributed by atoms with Crippen LogP contribution in [-0.4, -0.2) is 60.5 Å². The summed E-state index contributed by atoms with van der Waals surface area (Å²) in [6.07, 6.45) is -0.534. The van der Waals surface area contributed by atoms with Crippen LogP contribution < -0.4 is 0 Å². The van der Waals surface area contributed by atoms with Crippen LogP contribution in [0.25, 0.3) is 0 Å². The molecule has 0 bridgehead atoms. The van der Waals surface area contributed by atoms with E-state index in [1.807, 2.05) is 0 Å². The van der Waals surface area contributed by atoms with Crippen LogP contribution in [0.4, 0.5) is 8.78 Å². The van der Waals surface area contributed by atoms with Crippen molar-refractivity contribution >= 4 is 17.2 Å². The molecule has 0 radical (unpaired) electrons. The monoisotopic (exact) mass is 356 g/mol. The van der Waals surface area contributed by atoms with Crippen LogP contribution in [0.2, 0.25) is 0 Å². The lowest BCUT2D eigenvalue weighted by Gasteiger charge is -2.36. The quantitative estimate of drug-likeness (QED) is 0.834. The molecular weight excluding hydrogens is 334 g/mol. The van der Waals surface area contributed by atoms with Gasteiger partial charge in [-0.25, -0.2) is 8.78 Å². The van der Waals surface area contributed by atoms with E-state index in [1.165, 1.54) is 5.56 Å². The molecule has 1 aliphatic carbocycles. The van der Waals surface area contributed by atoms with Crippen molar-refractivity contribution in [1.82, 2.24) is 9.80 Å². The summed E-state index contributed by atoms with van der Waals surface area (Å²) in [6.45, 7) is 4.54. The van der Waals surface area contributed by atoms with Crippen LogP contribution in [0.5, 0.6) is 0 Å². The van der Waals surface area contributed by atoms with Crippen LogP contribution >= 0.6 is 11.3 Å². The van der Waals surface area contributed by atoms with Crippen molar-refractivity contribution in [2.45, 2.75) is 31.4 Å². The third-order valence-corrected chi connectivity index (χ3v) is 6.08. The summed E-state index contributed by atoms with van der Waals surface area (Å²) in [5.74, 6) is -2.97. The molecule has 0 spiro atoms. The van der Waals surface area contributed by atoms with Crippen molar-refractivity contribution < 1.29 is 18.3 Å². The Bertz CT molecular complexity index is 587. The molecule has 2 aliphatic heterocycles. The summed E-state index contributed by atoms with van der Waals surface area (Å²) in [6, 6.07) is 2.13. The van der Waals surface area contributed by atoms with Gasteiger partial charge in [0, 0.05) is 57.4 Å². The van der Waals surface area contributed by atoms with Crippen molar-refractivity contribution in [2.75, 3.05) is 32.8 Å². The first kappa shape index (κ1) is 16.4. The number of carbonyl (C=O) groups is 1. The van der Waals surface area contributed by atoms with E-state index < -0.39 is 11.8 Å². The second kappa shape index (κ2) is 6.35. The van der Waals surface area contributed by atoms with Crippen molar-refractivity contribution in [1.29, 1.82) is 0 Å². The van der Waals surface area contributed by atoms with Crippen LogP contribution in [0.1, 0.15) is 18.4 Å². The number of likely N-dealkylation sites (tertiary alicyclic amines) is 1. The lowest BCUT2D eigenvalue weighted by Crippen LogP contribution is -2.46. The molecule has 2 saturated heterocycles. The van der Waals surface area contributed by atoms with Gasteiger partial charge in [-0.2, -0.15) is 11.3 Å². The fraction of sp³-hybridized carbons (Fsp3) is 0.706. The van der Waals surface area contributed by atoms with E-state index in [0.29, 0.717) is 19.7 Å². The van der Waals surface area contributed by atoms with Gasteiger partial charge in [0.25, 0.3) is 0 Å². The lowest BCUT2D eigenvalue weighted by atomic mass is 9.80. The normalized spacial score (nSPS) is 30.7. The Morgan fingerprint density at radius 2 is 2.17 bits per heavy atom. The van der Waals surface area contributed by atoms with E-state index in [-0.39, 0.29) is 30.8 Å². The Morgan fingerprint density at radius 1 is 1.33 bits per heavy atom. The number of halogens is 2. The second-order valence-electron chi connectivity index (χ2n) is 7.24. The number of hydrogen-bond acceptors (Lipinski definition) is 4. The average molecular weight is 356 g/mol. The number of alkyl halides is 2. The van der Waals surface area contributed by atoms with Gasteiger partial charge in [-0.05, 0) is 22.4 Å². The SMILES string of the molecule is O=C(C1CC(F)(F)C1)N1C[C@H]2CN(Cc3ccsc3)CCO[C@H]2C1. The van der Waals surface area contributed by atoms with Gasteiger partial charge in [-0.15, -0.1) is 0 Å². The van der Waals surface area contributed by atoms with Crippen molar-refractivity contribution in [3.63, 3.8) is 0 Å². The van der Waals surface area contributed by atoms with Crippen LogP contribution in [0, 0.1) is 11.8 Å². The molecule has 4 nitrogen and oxygen atoms in total. The molecular formula is C17H22F2N2O2S. The maximum absolute atomic E-state index is 13.0. The molecule has 3 fully saturated rings. The summed E-state index contributed by atoms with van der Waals surface area (Å²) in [7, 11) is 0. The first-order valence-corrected chi connectivity index (χ1v) is 9.46. The third kappa shape index (κ3) is 3.34. The topological polar surface area (TPSA) is 32.8 Å². The average Bonchev–Trinajstić information content (AvgIpc) is 3.11. The summed E-state index contributed by atoms with van der Waals surface area (Å²) >= 11 is 1.70. The van der Waals surface area contributed by atoms with Gasteiger partial charge < -0.3 is 9.64 Å². The predicted molar refractivity (Wildman–Crippen MR) is 87.1 cm³/mol. The number of amides is 1. The highest BCUT2D eigenvalue weighted by Gasteiger charge is 2.51. The number of hydrogen-bond donors (Lipinski definition) is 0. The standard InChI is InChI=1S/C17H22F2N2O2S/c18-17(19)5-13(6-17)16(22)21-9-14-8-20(2-3-23-15(14)10-21)7-12-1-4-24-11-12/h1,4,11,13-15H,2-3,5-10H2/t14-,15+/m1/s1. The van der Waals surface area contributed by atoms with Crippen LogP contribution in [0.3, 0.4) is 0 Å². The molecule has 4 rings (SSSR count). The first-order chi connectivity index (χ1) is 11.5. The Labute approximate surface area is 144 Å². The molecule has 7 heteroatoms. The molecule has 3 heterocycles. The highest BCUT2D eigenvalue weighted by Crippen LogP contribution is 2.43. The molecule has 1 aromatic rings. The van der Waals surface area contributed by atoms with Gasteiger partial charge in [0.1, 0.15) is 0 Å². The first-order valence-electron chi connectivity index (χ1n) is 8.52. The van der Waals surface area contributed by atoms with E-state index in [2.05, 4.69) is 21.7 Å². The van der Waals surface area contributed by atoms with Crippen LogP contribution in [-0.2, 0) is 16.1 Å². The minimum absolute atomic E-state index is 0.0435. The minimum atomic E-state index is -2.64. The van der Waals surface area contributed by atoms with E-state index in [1.54, 1.807) is 16.2 Å². The van der Waals surface area contributed by atoms with Gasteiger partial charge in [-0.1, -0.05) is 0 Å². The maximum Gasteiger partial charge on any atom is 0.249 e. The number of carbonyl (C=O) groups excluding carboxylic acids is 1. The predicted octanol–water partition coefficient (Wildman–Crippen LogP) is 2.45. The Hall–Kier alpha value is -1.05. The second-order valence-corrected chi connectivity index (χ2v) is 8.02. The Morgan fingerprint density at radius 3 is 2.88 bits per heavy atom. The molecule has 2 atom stereocenters. The Kier molecular flexibility index (Phi) is 4.34. The fourth-order valence-electron chi connectivity index (χ4n) is 4.02. The molecule has 0 N–H and O–H groups in total. The van der Waals surface area contributed by atoms with Gasteiger partial charge in [-0.3, -0.25) is 9.69 Å². The number of rotatable bonds is 3. The highest BCUT2D eigenvalue weighted by atomic mass is 32.1. The van der Waals surface area contributed by atoms with Crippen molar-refractivity contribution in [3.05, 3.63) is 22.4 Å².